The first-order chi connectivity index (χ1) is 12.6. The number of nitrogens with zero attached hydrogens (tertiary/aromatic N) is 1. The molecule has 6 heteroatoms. The summed E-state index contributed by atoms with van der Waals surface area (Å²) >= 11 is 0. The Bertz CT molecular complexity index is 743. The van der Waals surface area contributed by atoms with E-state index < -0.39 is 10.0 Å². The zero-order chi connectivity index (χ0) is 18.1. The van der Waals surface area contributed by atoms with Crippen LogP contribution in [0.15, 0.2) is 18.2 Å². The number of rotatable bonds is 7. The second-order valence-corrected chi connectivity index (χ2v) is 10.1. The van der Waals surface area contributed by atoms with Crippen LogP contribution in [0.4, 0.5) is 5.69 Å². The maximum atomic E-state index is 12.4. The monoisotopic (exact) mass is 377 g/mol. The van der Waals surface area contributed by atoms with E-state index >= 15 is 0 Å². The van der Waals surface area contributed by atoms with Gasteiger partial charge >= 0.3 is 0 Å². The van der Waals surface area contributed by atoms with Gasteiger partial charge in [-0.1, -0.05) is 19.1 Å². The van der Waals surface area contributed by atoms with E-state index in [9.17, 15) is 8.42 Å². The van der Waals surface area contributed by atoms with Gasteiger partial charge in [0.1, 0.15) is 0 Å². The molecule has 2 aliphatic heterocycles. The summed E-state index contributed by atoms with van der Waals surface area (Å²) in [6.07, 6.45) is 5.28. The first-order valence-corrected chi connectivity index (χ1v) is 11.8. The van der Waals surface area contributed by atoms with Crippen LogP contribution in [0.1, 0.15) is 49.7 Å². The van der Waals surface area contributed by atoms with Crippen LogP contribution < -0.4 is 14.9 Å². The van der Waals surface area contributed by atoms with Crippen molar-refractivity contribution in [1.29, 1.82) is 0 Å². The molecule has 2 fully saturated rings. The second kappa shape index (κ2) is 7.49. The Morgan fingerprint density at radius 1 is 1.27 bits per heavy atom. The number of anilines is 1. The SMILES string of the molecule is CCCS(=O)(=O)N1CCc2cc([C@@H]3C[C@H]3NCC3CCNCC3)ccc21. The average molecular weight is 378 g/mol. The van der Waals surface area contributed by atoms with Crippen LogP contribution in [0, 0.1) is 5.92 Å². The molecule has 0 radical (unpaired) electrons. The van der Waals surface area contributed by atoms with Crippen LogP contribution in [0.3, 0.4) is 0 Å². The first-order valence-electron chi connectivity index (χ1n) is 10.2. The van der Waals surface area contributed by atoms with Crippen molar-refractivity contribution in [3.05, 3.63) is 29.3 Å². The van der Waals surface area contributed by atoms with E-state index in [1.165, 1.54) is 30.4 Å². The maximum absolute atomic E-state index is 12.4. The van der Waals surface area contributed by atoms with Gasteiger partial charge < -0.3 is 10.6 Å². The highest BCUT2D eigenvalue weighted by molar-refractivity contribution is 7.92. The summed E-state index contributed by atoms with van der Waals surface area (Å²) in [6, 6.07) is 7.04. The summed E-state index contributed by atoms with van der Waals surface area (Å²) in [4.78, 5) is 0. The average Bonchev–Trinajstić information content (AvgIpc) is 3.29. The fraction of sp³-hybridized carbons (Fsp3) is 0.700. The highest BCUT2D eigenvalue weighted by atomic mass is 32.2. The molecule has 1 aliphatic carbocycles. The minimum atomic E-state index is -3.16. The van der Waals surface area contributed by atoms with Crippen molar-refractivity contribution in [3.63, 3.8) is 0 Å². The molecule has 0 bridgehead atoms. The van der Waals surface area contributed by atoms with Crippen LogP contribution in [-0.4, -0.2) is 46.4 Å². The third kappa shape index (κ3) is 3.78. The topological polar surface area (TPSA) is 61.4 Å². The Morgan fingerprint density at radius 3 is 2.85 bits per heavy atom. The molecule has 1 aromatic rings. The quantitative estimate of drug-likeness (QED) is 0.765. The highest BCUT2D eigenvalue weighted by Crippen LogP contribution is 2.43. The molecular formula is C20H31N3O2S. The molecule has 26 heavy (non-hydrogen) atoms. The number of benzene rings is 1. The summed E-state index contributed by atoms with van der Waals surface area (Å²) in [5.74, 6) is 1.65. The number of sulfonamides is 1. The molecule has 2 N–H and O–H groups in total. The molecular weight excluding hydrogens is 346 g/mol. The molecule has 1 saturated carbocycles. The second-order valence-electron chi connectivity index (χ2n) is 8.08. The number of hydrogen-bond acceptors (Lipinski definition) is 4. The van der Waals surface area contributed by atoms with Crippen LogP contribution in [0.5, 0.6) is 0 Å². The Balaban J connectivity index is 1.37. The van der Waals surface area contributed by atoms with E-state index in [0.29, 0.717) is 24.9 Å². The Labute approximate surface area is 157 Å². The predicted octanol–water partition coefficient (Wildman–Crippen LogP) is 2.23. The smallest absolute Gasteiger partial charge is 0.235 e. The Morgan fingerprint density at radius 2 is 2.08 bits per heavy atom. The molecule has 0 spiro atoms. The van der Waals surface area contributed by atoms with Crippen molar-refractivity contribution in [2.24, 2.45) is 5.92 Å². The summed E-state index contributed by atoms with van der Waals surface area (Å²) in [5.41, 5.74) is 3.48. The number of hydrogen-bond donors (Lipinski definition) is 2. The minimum absolute atomic E-state index is 0.236. The molecule has 0 aromatic heterocycles. The van der Waals surface area contributed by atoms with Crippen molar-refractivity contribution >= 4 is 15.7 Å². The van der Waals surface area contributed by atoms with Crippen molar-refractivity contribution < 1.29 is 8.42 Å². The lowest BCUT2D eigenvalue weighted by Crippen LogP contribution is -2.34. The fourth-order valence-corrected chi connectivity index (χ4v) is 6.06. The van der Waals surface area contributed by atoms with Crippen LogP contribution in [-0.2, 0) is 16.4 Å². The molecule has 2 heterocycles. The van der Waals surface area contributed by atoms with Gasteiger partial charge in [-0.25, -0.2) is 8.42 Å². The Kier molecular flexibility index (Phi) is 5.26. The number of fused-ring (bicyclic) bond motifs is 1. The third-order valence-corrected chi connectivity index (χ3v) is 8.08. The summed E-state index contributed by atoms with van der Waals surface area (Å²) in [5, 5.41) is 7.18. The standard InChI is InChI=1S/C20H31N3O2S/c1-2-11-26(24,25)23-10-7-17-12-16(3-4-20(17)23)18-13-19(18)22-14-15-5-8-21-9-6-15/h3-4,12,15,18-19,21-22H,2,5-11,13-14H2,1H3/t18-,19+/m0/s1. The lowest BCUT2D eigenvalue weighted by atomic mass is 9.98. The fourth-order valence-electron chi connectivity index (χ4n) is 4.47. The van der Waals surface area contributed by atoms with Crippen LogP contribution in [0.2, 0.25) is 0 Å². The number of piperidine rings is 1. The van der Waals surface area contributed by atoms with Crippen molar-refractivity contribution in [2.45, 2.75) is 51.0 Å². The van der Waals surface area contributed by atoms with Gasteiger partial charge in [-0.2, -0.15) is 0 Å². The molecule has 144 valence electrons. The lowest BCUT2D eigenvalue weighted by molar-refractivity contribution is 0.355. The minimum Gasteiger partial charge on any atom is -0.317 e. The van der Waals surface area contributed by atoms with Gasteiger partial charge in [0.25, 0.3) is 0 Å². The van der Waals surface area contributed by atoms with Crippen molar-refractivity contribution in [1.82, 2.24) is 10.6 Å². The maximum Gasteiger partial charge on any atom is 0.235 e. The molecule has 0 unspecified atom stereocenters. The molecule has 4 rings (SSSR count). The highest BCUT2D eigenvalue weighted by Gasteiger charge is 2.39. The normalized spacial score (nSPS) is 26.1. The Hall–Kier alpha value is -1.11. The predicted molar refractivity (Wildman–Crippen MR) is 106 cm³/mol. The van der Waals surface area contributed by atoms with Crippen molar-refractivity contribution in [3.8, 4) is 0 Å². The zero-order valence-corrected chi connectivity index (χ0v) is 16.5. The van der Waals surface area contributed by atoms with Gasteiger partial charge in [0.2, 0.25) is 10.0 Å². The van der Waals surface area contributed by atoms with Gasteiger partial charge in [0.15, 0.2) is 0 Å². The summed E-state index contributed by atoms with van der Waals surface area (Å²) in [7, 11) is -3.16. The number of nitrogens with one attached hydrogen (secondary N) is 2. The van der Waals surface area contributed by atoms with Crippen LogP contribution in [0.25, 0.3) is 0 Å². The summed E-state index contributed by atoms with van der Waals surface area (Å²) < 4.78 is 26.5. The zero-order valence-electron chi connectivity index (χ0n) is 15.7. The van der Waals surface area contributed by atoms with Gasteiger partial charge in [0, 0.05) is 18.5 Å². The van der Waals surface area contributed by atoms with Gasteiger partial charge in [0.05, 0.1) is 11.4 Å². The molecule has 3 aliphatic rings. The molecule has 2 atom stereocenters. The largest absolute Gasteiger partial charge is 0.317 e. The van der Waals surface area contributed by atoms with Gasteiger partial charge in [-0.3, -0.25) is 4.31 Å². The lowest BCUT2D eigenvalue weighted by Gasteiger charge is -2.23. The van der Waals surface area contributed by atoms with E-state index in [4.69, 9.17) is 0 Å². The van der Waals surface area contributed by atoms with E-state index in [1.807, 2.05) is 13.0 Å². The first kappa shape index (κ1) is 18.3. The van der Waals surface area contributed by atoms with Gasteiger partial charge in [-0.05, 0) is 74.8 Å². The molecule has 1 aromatic carbocycles. The molecule has 5 nitrogen and oxygen atoms in total. The van der Waals surface area contributed by atoms with Crippen molar-refractivity contribution in [2.75, 3.05) is 36.2 Å². The van der Waals surface area contributed by atoms with Gasteiger partial charge in [-0.15, -0.1) is 0 Å². The third-order valence-electron chi connectivity index (χ3n) is 6.10. The van der Waals surface area contributed by atoms with E-state index in [0.717, 1.165) is 37.7 Å². The van der Waals surface area contributed by atoms with E-state index in [-0.39, 0.29) is 5.75 Å². The van der Waals surface area contributed by atoms with E-state index in [1.54, 1.807) is 4.31 Å². The summed E-state index contributed by atoms with van der Waals surface area (Å²) in [6.45, 7) is 5.97. The molecule has 0 amide bonds. The van der Waals surface area contributed by atoms with Crippen LogP contribution >= 0.6 is 0 Å². The molecule has 1 saturated heterocycles. The van der Waals surface area contributed by atoms with E-state index in [2.05, 4.69) is 22.8 Å².